The Balaban J connectivity index is 1.95. The van der Waals surface area contributed by atoms with Crippen LogP contribution in [-0.4, -0.2) is 29.9 Å². The summed E-state index contributed by atoms with van der Waals surface area (Å²) in [4.78, 5) is 37.6. The molecule has 0 unspecified atom stereocenters. The second-order valence-corrected chi connectivity index (χ2v) is 7.74. The van der Waals surface area contributed by atoms with E-state index in [1.165, 1.54) is 23.8 Å². The van der Waals surface area contributed by atoms with Crippen molar-refractivity contribution in [2.45, 2.75) is 46.3 Å². The monoisotopic (exact) mass is 402 g/mol. The predicted molar refractivity (Wildman–Crippen MR) is 110 cm³/mol. The predicted octanol–water partition coefficient (Wildman–Crippen LogP) is 3.64. The Morgan fingerprint density at radius 3 is 2.29 bits per heavy atom. The zero-order valence-corrected chi connectivity index (χ0v) is 17.3. The molecule has 0 fully saturated rings. The van der Waals surface area contributed by atoms with E-state index < -0.39 is 24.0 Å². The van der Waals surface area contributed by atoms with Gasteiger partial charge in [-0.1, -0.05) is 39.0 Å². The van der Waals surface area contributed by atoms with Gasteiger partial charge in [-0.15, -0.1) is 11.3 Å². The van der Waals surface area contributed by atoms with Gasteiger partial charge in [-0.25, -0.2) is 4.79 Å². The highest BCUT2D eigenvalue weighted by molar-refractivity contribution is 7.12. The normalized spacial score (nSPS) is 12.9. The summed E-state index contributed by atoms with van der Waals surface area (Å²) in [7, 11) is 0. The van der Waals surface area contributed by atoms with Gasteiger partial charge in [0.1, 0.15) is 6.04 Å². The SMILES string of the molecule is CCc1ccc(NC(=O)[C@H](C)OC(=O)[C@@H](NC(=O)c2cccs2)C(C)C)cc1. The quantitative estimate of drug-likeness (QED) is 0.660. The van der Waals surface area contributed by atoms with E-state index in [0.717, 1.165) is 6.42 Å². The maximum absolute atomic E-state index is 12.5. The molecule has 0 aliphatic heterocycles. The summed E-state index contributed by atoms with van der Waals surface area (Å²) >= 11 is 1.29. The molecule has 0 aliphatic rings. The number of nitrogens with one attached hydrogen (secondary N) is 2. The van der Waals surface area contributed by atoms with Crippen molar-refractivity contribution in [1.29, 1.82) is 0 Å². The summed E-state index contributed by atoms with van der Waals surface area (Å²) < 4.78 is 5.31. The number of aryl methyl sites for hydroxylation is 1. The molecule has 7 heteroatoms. The van der Waals surface area contributed by atoms with E-state index in [2.05, 4.69) is 17.6 Å². The first-order valence-corrected chi connectivity index (χ1v) is 10.1. The zero-order valence-electron chi connectivity index (χ0n) is 16.5. The minimum absolute atomic E-state index is 0.187. The number of carbonyl (C=O) groups is 3. The molecule has 2 rings (SSSR count). The number of thiophene rings is 1. The fraction of sp³-hybridized carbons (Fsp3) is 0.381. The van der Waals surface area contributed by atoms with Crippen LogP contribution in [0, 0.1) is 5.92 Å². The summed E-state index contributed by atoms with van der Waals surface area (Å²) in [5.41, 5.74) is 1.80. The lowest BCUT2D eigenvalue weighted by molar-refractivity contribution is -0.156. The summed E-state index contributed by atoms with van der Waals surface area (Å²) in [5.74, 6) is -1.58. The Bertz CT molecular complexity index is 800. The molecule has 0 aliphatic carbocycles. The molecule has 1 aromatic carbocycles. The third kappa shape index (κ3) is 5.92. The summed E-state index contributed by atoms with van der Waals surface area (Å²) in [5, 5.41) is 7.21. The Kier molecular flexibility index (Phi) is 7.75. The van der Waals surface area contributed by atoms with Gasteiger partial charge in [-0.05, 0) is 48.4 Å². The number of benzene rings is 1. The van der Waals surface area contributed by atoms with E-state index in [1.54, 1.807) is 31.4 Å². The van der Waals surface area contributed by atoms with E-state index in [1.807, 2.05) is 24.3 Å². The number of ether oxygens (including phenoxy) is 1. The standard InChI is InChI=1S/C21H26N2O4S/c1-5-15-8-10-16(11-9-15)22-19(24)14(4)27-21(26)18(13(2)3)23-20(25)17-7-6-12-28-17/h6-14,18H,5H2,1-4H3,(H,22,24)(H,23,25)/t14-,18-/m0/s1. The Labute approximate surface area is 169 Å². The number of hydrogen-bond acceptors (Lipinski definition) is 5. The van der Waals surface area contributed by atoms with Gasteiger partial charge in [0, 0.05) is 5.69 Å². The lowest BCUT2D eigenvalue weighted by Crippen LogP contribution is -2.47. The molecular weight excluding hydrogens is 376 g/mol. The third-order valence-corrected chi connectivity index (χ3v) is 5.11. The molecule has 2 amide bonds. The second-order valence-electron chi connectivity index (χ2n) is 6.79. The van der Waals surface area contributed by atoms with E-state index >= 15 is 0 Å². The van der Waals surface area contributed by atoms with Crippen molar-refractivity contribution in [3.8, 4) is 0 Å². The number of esters is 1. The maximum atomic E-state index is 12.5. The van der Waals surface area contributed by atoms with Crippen LogP contribution in [0.1, 0.15) is 42.9 Å². The molecule has 2 atom stereocenters. The average molecular weight is 403 g/mol. The fourth-order valence-corrected chi connectivity index (χ4v) is 3.11. The highest BCUT2D eigenvalue weighted by Gasteiger charge is 2.29. The van der Waals surface area contributed by atoms with Gasteiger partial charge in [0.25, 0.3) is 11.8 Å². The van der Waals surface area contributed by atoms with Crippen molar-refractivity contribution < 1.29 is 19.1 Å². The Hall–Kier alpha value is -2.67. The van der Waals surface area contributed by atoms with Crippen molar-refractivity contribution in [3.05, 3.63) is 52.2 Å². The first kappa shape index (κ1) is 21.6. The number of hydrogen-bond donors (Lipinski definition) is 2. The molecule has 0 spiro atoms. The van der Waals surface area contributed by atoms with Crippen molar-refractivity contribution in [1.82, 2.24) is 5.32 Å². The Morgan fingerprint density at radius 2 is 1.75 bits per heavy atom. The minimum Gasteiger partial charge on any atom is -0.451 e. The molecule has 150 valence electrons. The van der Waals surface area contributed by atoms with E-state index in [9.17, 15) is 14.4 Å². The van der Waals surface area contributed by atoms with Crippen molar-refractivity contribution in [2.75, 3.05) is 5.32 Å². The topological polar surface area (TPSA) is 84.5 Å². The van der Waals surface area contributed by atoms with Gasteiger partial charge in [-0.2, -0.15) is 0 Å². The van der Waals surface area contributed by atoms with Crippen LogP contribution in [0.5, 0.6) is 0 Å². The molecule has 2 aromatic rings. The molecule has 0 saturated carbocycles. The number of rotatable bonds is 8. The van der Waals surface area contributed by atoms with Crippen LogP contribution in [0.25, 0.3) is 0 Å². The lowest BCUT2D eigenvalue weighted by Gasteiger charge is -2.22. The van der Waals surface area contributed by atoms with Crippen LogP contribution < -0.4 is 10.6 Å². The van der Waals surface area contributed by atoms with Gasteiger partial charge in [-0.3, -0.25) is 9.59 Å². The van der Waals surface area contributed by atoms with E-state index in [4.69, 9.17) is 4.74 Å². The first-order chi connectivity index (χ1) is 13.3. The summed E-state index contributed by atoms with van der Waals surface area (Å²) in [6.45, 7) is 7.17. The fourth-order valence-electron chi connectivity index (χ4n) is 2.49. The summed E-state index contributed by atoms with van der Waals surface area (Å²) in [6, 6.07) is 10.1. The van der Waals surface area contributed by atoms with Gasteiger partial charge >= 0.3 is 5.97 Å². The number of anilines is 1. The zero-order chi connectivity index (χ0) is 20.7. The smallest absolute Gasteiger partial charge is 0.329 e. The minimum atomic E-state index is -0.988. The van der Waals surface area contributed by atoms with Gasteiger partial charge in [0.05, 0.1) is 4.88 Å². The van der Waals surface area contributed by atoms with Crippen molar-refractivity contribution in [2.24, 2.45) is 5.92 Å². The number of carbonyl (C=O) groups excluding carboxylic acids is 3. The molecule has 1 aromatic heterocycles. The van der Waals surface area contributed by atoms with Crippen molar-refractivity contribution >= 4 is 34.8 Å². The number of amides is 2. The Morgan fingerprint density at radius 1 is 1.07 bits per heavy atom. The van der Waals surface area contributed by atoms with Crippen LogP contribution in [0.4, 0.5) is 5.69 Å². The van der Waals surface area contributed by atoms with E-state index in [0.29, 0.717) is 10.6 Å². The third-order valence-electron chi connectivity index (χ3n) is 4.24. The lowest BCUT2D eigenvalue weighted by atomic mass is 10.0. The van der Waals surface area contributed by atoms with Gasteiger partial charge < -0.3 is 15.4 Å². The first-order valence-electron chi connectivity index (χ1n) is 9.26. The largest absolute Gasteiger partial charge is 0.451 e. The molecule has 2 N–H and O–H groups in total. The molecular formula is C21H26N2O4S. The van der Waals surface area contributed by atoms with Crippen LogP contribution in [0.2, 0.25) is 0 Å². The molecule has 0 radical (unpaired) electrons. The maximum Gasteiger partial charge on any atom is 0.329 e. The molecule has 0 bridgehead atoms. The molecule has 6 nitrogen and oxygen atoms in total. The second kappa shape index (κ2) is 10.0. The highest BCUT2D eigenvalue weighted by Crippen LogP contribution is 2.13. The van der Waals surface area contributed by atoms with Crippen LogP contribution in [0.15, 0.2) is 41.8 Å². The highest BCUT2D eigenvalue weighted by atomic mass is 32.1. The average Bonchev–Trinajstić information content (AvgIpc) is 3.21. The van der Waals surface area contributed by atoms with Gasteiger partial charge in [0.2, 0.25) is 0 Å². The molecule has 28 heavy (non-hydrogen) atoms. The summed E-state index contributed by atoms with van der Waals surface area (Å²) in [6.07, 6.45) is -0.0750. The van der Waals surface area contributed by atoms with Crippen molar-refractivity contribution in [3.63, 3.8) is 0 Å². The van der Waals surface area contributed by atoms with Crippen LogP contribution in [0.3, 0.4) is 0 Å². The molecule has 1 heterocycles. The van der Waals surface area contributed by atoms with Crippen LogP contribution in [-0.2, 0) is 20.7 Å². The van der Waals surface area contributed by atoms with Crippen LogP contribution >= 0.6 is 11.3 Å². The van der Waals surface area contributed by atoms with E-state index in [-0.39, 0.29) is 11.8 Å². The van der Waals surface area contributed by atoms with Gasteiger partial charge in [0.15, 0.2) is 6.10 Å². The molecule has 0 saturated heterocycles.